The first-order chi connectivity index (χ1) is 9.74. The fraction of sp³-hybridized carbons (Fsp3) is 0.400. The van der Waals surface area contributed by atoms with Gasteiger partial charge in [0.2, 0.25) is 0 Å². The minimum absolute atomic E-state index is 0.306. The Labute approximate surface area is 117 Å². The third-order valence-corrected chi connectivity index (χ3v) is 3.78. The van der Waals surface area contributed by atoms with Crippen molar-refractivity contribution in [3.05, 3.63) is 36.0 Å². The number of fused-ring (bicyclic) bond motifs is 1. The van der Waals surface area contributed by atoms with E-state index in [9.17, 15) is 9.90 Å². The number of nitrogens with zero attached hydrogens (tertiary/aromatic N) is 1. The van der Waals surface area contributed by atoms with Crippen LogP contribution in [0, 0.1) is 5.92 Å². The van der Waals surface area contributed by atoms with Crippen LogP contribution in [-0.4, -0.2) is 47.3 Å². The Morgan fingerprint density at radius 1 is 1.45 bits per heavy atom. The predicted molar refractivity (Wildman–Crippen MR) is 75.5 cm³/mol. The SMILES string of the molecule is O=C(O)C1COCCN(Cc2cccc3[nH]ccc23)C1. The van der Waals surface area contributed by atoms with E-state index in [4.69, 9.17) is 4.74 Å². The van der Waals surface area contributed by atoms with Gasteiger partial charge in [-0.25, -0.2) is 0 Å². The van der Waals surface area contributed by atoms with Crippen LogP contribution in [0.1, 0.15) is 5.56 Å². The number of aliphatic carboxylic acids is 1. The summed E-state index contributed by atoms with van der Waals surface area (Å²) in [5.74, 6) is -1.22. The molecule has 20 heavy (non-hydrogen) atoms. The smallest absolute Gasteiger partial charge is 0.310 e. The number of aromatic amines is 1. The summed E-state index contributed by atoms with van der Waals surface area (Å²) in [4.78, 5) is 16.5. The fourth-order valence-electron chi connectivity index (χ4n) is 2.70. The molecule has 1 aromatic carbocycles. The number of benzene rings is 1. The van der Waals surface area contributed by atoms with Crippen LogP contribution in [0.4, 0.5) is 0 Å². The van der Waals surface area contributed by atoms with Gasteiger partial charge in [0, 0.05) is 36.7 Å². The van der Waals surface area contributed by atoms with E-state index >= 15 is 0 Å². The molecular weight excluding hydrogens is 256 g/mol. The Morgan fingerprint density at radius 2 is 2.35 bits per heavy atom. The number of carboxylic acids is 1. The summed E-state index contributed by atoms with van der Waals surface area (Å²) in [7, 11) is 0. The van der Waals surface area contributed by atoms with Gasteiger partial charge in [0.1, 0.15) is 0 Å². The lowest BCUT2D eigenvalue weighted by atomic mass is 10.1. The molecule has 1 atom stereocenters. The minimum Gasteiger partial charge on any atom is -0.481 e. The molecule has 1 unspecified atom stereocenters. The standard InChI is InChI=1S/C15H18N2O3/c18-15(19)12-9-17(6-7-20-10-12)8-11-2-1-3-14-13(11)4-5-16-14/h1-5,12,16H,6-10H2,(H,18,19). The molecule has 1 aromatic heterocycles. The van der Waals surface area contributed by atoms with E-state index in [2.05, 4.69) is 22.0 Å². The number of hydrogen-bond donors (Lipinski definition) is 2. The van der Waals surface area contributed by atoms with Crippen molar-refractivity contribution in [2.24, 2.45) is 5.92 Å². The fourth-order valence-corrected chi connectivity index (χ4v) is 2.70. The molecule has 106 valence electrons. The average molecular weight is 274 g/mol. The lowest BCUT2D eigenvalue weighted by molar-refractivity contribution is -0.143. The number of H-pyrrole nitrogens is 1. The molecule has 0 radical (unpaired) electrons. The monoisotopic (exact) mass is 274 g/mol. The maximum Gasteiger partial charge on any atom is 0.310 e. The van der Waals surface area contributed by atoms with Gasteiger partial charge < -0.3 is 14.8 Å². The van der Waals surface area contributed by atoms with Gasteiger partial charge in [0.25, 0.3) is 0 Å². The largest absolute Gasteiger partial charge is 0.481 e. The van der Waals surface area contributed by atoms with Crippen molar-refractivity contribution < 1.29 is 14.6 Å². The van der Waals surface area contributed by atoms with E-state index in [1.54, 1.807) is 0 Å². The van der Waals surface area contributed by atoms with Crippen LogP contribution in [0.5, 0.6) is 0 Å². The molecule has 1 saturated heterocycles. The van der Waals surface area contributed by atoms with E-state index in [1.807, 2.05) is 18.3 Å². The Bertz CT molecular complexity index is 608. The Balaban J connectivity index is 1.79. The highest BCUT2D eigenvalue weighted by molar-refractivity contribution is 5.82. The highest BCUT2D eigenvalue weighted by atomic mass is 16.5. The molecule has 0 amide bonds. The van der Waals surface area contributed by atoms with Crippen LogP contribution >= 0.6 is 0 Å². The van der Waals surface area contributed by atoms with Crippen LogP contribution < -0.4 is 0 Å². The number of ether oxygens (including phenoxy) is 1. The minimum atomic E-state index is -0.781. The first-order valence-corrected chi connectivity index (χ1v) is 6.82. The van der Waals surface area contributed by atoms with E-state index < -0.39 is 11.9 Å². The molecule has 1 fully saturated rings. The molecule has 2 heterocycles. The molecule has 0 bridgehead atoms. The topological polar surface area (TPSA) is 65.6 Å². The molecule has 2 N–H and O–H groups in total. The predicted octanol–water partition coefficient (Wildman–Crippen LogP) is 1.70. The maximum absolute atomic E-state index is 11.2. The van der Waals surface area contributed by atoms with Crippen molar-refractivity contribution in [1.82, 2.24) is 9.88 Å². The zero-order valence-electron chi connectivity index (χ0n) is 11.2. The molecule has 0 aliphatic carbocycles. The van der Waals surface area contributed by atoms with Crippen molar-refractivity contribution in [2.75, 3.05) is 26.3 Å². The zero-order chi connectivity index (χ0) is 13.9. The number of carbonyl (C=O) groups is 1. The van der Waals surface area contributed by atoms with Gasteiger partial charge in [0.15, 0.2) is 0 Å². The van der Waals surface area contributed by atoms with Crippen LogP contribution in [0.2, 0.25) is 0 Å². The van der Waals surface area contributed by atoms with Crippen LogP contribution in [0.15, 0.2) is 30.5 Å². The highest BCUT2D eigenvalue weighted by Gasteiger charge is 2.24. The zero-order valence-corrected chi connectivity index (χ0v) is 11.2. The molecule has 1 aliphatic heterocycles. The molecule has 1 aliphatic rings. The first kappa shape index (κ1) is 13.1. The molecule has 2 aromatic rings. The van der Waals surface area contributed by atoms with Crippen molar-refractivity contribution in [2.45, 2.75) is 6.54 Å². The number of carboxylic acid groups (broad SMARTS) is 1. The summed E-state index contributed by atoms with van der Waals surface area (Å²) in [6.45, 7) is 2.95. The van der Waals surface area contributed by atoms with E-state index in [-0.39, 0.29) is 0 Å². The van der Waals surface area contributed by atoms with Gasteiger partial charge in [0.05, 0.1) is 19.1 Å². The summed E-state index contributed by atoms with van der Waals surface area (Å²) in [6, 6.07) is 8.23. The van der Waals surface area contributed by atoms with Crippen LogP contribution in [0.25, 0.3) is 10.9 Å². The number of rotatable bonds is 3. The Hall–Kier alpha value is -1.85. The summed E-state index contributed by atoms with van der Waals surface area (Å²) in [5.41, 5.74) is 2.33. The molecule has 5 nitrogen and oxygen atoms in total. The van der Waals surface area contributed by atoms with Gasteiger partial charge in [-0.3, -0.25) is 9.69 Å². The molecular formula is C15H18N2O3. The molecule has 0 spiro atoms. The van der Waals surface area contributed by atoms with Gasteiger partial charge in [-0.05, 0) is 17.7 Å². The Kier molecular flexibility index (Phi) is 3.71. The summed E-state index contributed by atoms with van der Waals surface area (Å²) >= 11 is 0. The van der Waals surface area contributed by atoms with Gasteiger partial charge in [-0.15, -0.1) is 0 Å². The van der Waals surface area contributed by atoms with Crippen molar-refractivity contribution in [3.63, 3.8) is 0 Å². The maximum atomic E-state index is 11.2. The van der Waals surface area contributed by atoms with E-state index in [0.29, 0.717) is 19.8 Å². The third-order valence-electron chi connectivity index (χ3n) is 3.78. The highest BCUT2D eigenvalue weighted by Crippen LogP contribution is 2.20. The summed E-state index contributed by atoms with van der Waals surface area (Å²) in [6.07, 6.45) is 1.93. The first-order valence-electron chi connectivity index (χ1n) is 6.82. The molecule has 0 saturated carbocycles. The lowest BCUT2D eigenvalue weighted by Gasteiger charge is -2.21. The van der Waals surface area contributed by atoms with E-state index in [1.165, 1.54) is 10.9 Å². The van der Waals surface area contributed by atoms with Crippen LogP contribution in [-0.2, 0) is 16.1 Å². The second-order valence-corrected chi connectivity index (χ2v) is 5.20. The quantitative estimate of drug-likeness (QED) is 0.894. The summed E-state index contributed by atoms with van der Waals surface area (Å²) < 4.78 is 5.38. The third kappa shape index (κ3) is 2.69. The van der Waals surface area contributed by atoms with Crippen molar-refractivity contribution >= 4 is 16.9 Å². The average Bonchev–Trinajstić information content (AvgIpc) is 2.79. The second kappa shape index (κ2) is 5.64. The van der Waals surface area contributed by atoms with Crippen molar-refractivity contribution in [1.29, 1.82) is 0 Å². The molecule has 5 heteroatoms. The summed E-state index contributed by atoms with van der Waals surface area (Å²) in [5, 5.41) is 10.4. The number of hydrogen-bond acceptors (Lipinski definition) is 3. The van der Waals surface area contributed by atoms with Crippen LogP contribution in [0.3, 0.4) is 0 Å². The lowest BCUT2D eigenvalue weighted by Crippen LogP contribution is -2.33. The van der Waals surface area contributed by atoms with Crippen molar-refractivity contribution in [3.8, 4) is 0 Å². The van der Waals surface area contributed by atoms with E-state index in [0.717, 1.165) is 18.6 Å². The van der Waals surface area contributed by atoms with Gasteiger partial charge >= 0.3 is 5.97 Å². The number of aromatic nitrogens is 1. The van der Waals surface area contributed by atoms with Gasteiger partial charge in [-0.2, -0.15) is 0 Å². The van der Waals surface area contributed by atoms with Gasteiger partial charge in [-0.1, -0.05) is 12.1 Å². The Morgan fingerprint density at radius 3 is 3.20 bits per heavy atom. The molecule has 3 rings (SSSR count). The number of nitrogens with one attached hydrogen (secondary N) is 1. The second-order valence-electron chi connectivity index (χ2n) is 5.20. The normalized spacial score (nSPS) is 20.9.